The van der Waals surface area contributed by atoms with Gasteiger partial charge in [-0.05, 0) is 213 Å². The first kappa shape index (κ1) is 44.9. The van der Waals surface area contributed by atoms with Crippen LogP contribution in [0, 0.1) is 11.8 Å². The molecule has 4 N–H and O–H groups in total. The van der Waals surface area contributed by atoms with Gasteiger partial charge in [0.15, 0.2) is 0 Å². The Bertz CT molecular complexity index is 1920. The third kappa shape index (κ3) is 9.24. The van der Waals surface area contributed by atoms with Crippen LogP contribution in [0.15, 0.2) is 72.8 Å². The first-order chi connectivity index (χ1) is 31.8. The molecule has 0 aromatic heterocycles. The van der Waals surface area contributed by atoms with E-state index in [9.17, 15) is 20.4 Å². The molecule has 0 radical (unpaired) electrons. The lowest BCUT2D eigenvalue weighted by Gasteiger charge is -2.45. The van der Waals surface area contributed by atoms with Crippen LogP contribution in [0.1, 0.15) is 254 Å². The van der Waals surface area contributed by atoms with Gasteiger partial charge in [-0.15, -0.1) is 0 Å². The number of hydrogen-bond donors (Lipinski definition) is 4. The van der Waals surface area contributed by atoms with Gasteiger partial charge in [-0.3, -0.25) is 0 Å². The van der Waals surface area contributed by atoms with Crippen molar-refractivity contribution in [2.75, 3.05) is 0 Å². The smallest absolute Gasteiger partial charge is 0.119 e. The number of phenolic OH excluding ortho intramolecular Hbond substituents is 4. The monoisotopic (exact) mass is 877 g/mol. The summed E-state index contributed by atoms with van der Waals surface area (Å²) in [6.07, 6.45) is 35.1. The number of hydrogen-bond acceptors (Lipinski definition) is 4. The fourth-order valence-electron chi connectivity index (χ4n) is 15.1. The third-order valence-electron chi connectivity index (χ3n) is 19.1. The summed E-state index contributed by atoms with van der Waals surface area (Å²) in [6, 6.07) is 26.8. The van der Waals surface area contributed by atoms with E-state index in [4.69, 9.17) is 0 Å². The van der Waals surface area contributed by atoms with Crippen molar-refractivity contribution in [1.29, 1.82) is 0 Å². The van der Waals surface area contributed by atoms with Gasteiger partial charge < -0.3 is 20.4 Å². The topological polar surface area (TPSA) is 80.9 Å². The van der Waals surface area contributed by atoms with E-state index < -0.39 is 0 Å². The molecule has 0 aliphatic heterocycles. The van der Waals surface area contributed by atoms with E-state index in [1.165, 1.54) is 205 Å². The lowest BCUT2D eigenvalue weighted by atomic mass is 9.59. The summed E-state index contributed by atoms with van der Waals surface area (Å²) in [7, 11) is 0. The van der Waals surface area contributed by atoms with Gasteiger partial charge in [0, 0.05) is 10.8 Å². The summed E-state index contributed by atoms with van der Waals surface area (Å²) >= 11 is 0. The first-order valence-electron chi connectivity index (χ1n) is 27.1. The van der Waals surface area contributed by atoms with Gasteiger partial charge in [-0.2, -0.15) is 0 Å². The van der Waals surface area contributed by atoms with Gasteiger partial charge in [0.2, 0.25) is 0 Å². The van der Waals surface area contributed by atoms with Crippen LogP contribution in [0.2, 0.25) is 0 Å². The molecule has 4 aromatic rings. The molecular formula is C61H80O4. The number of aromatic hydroxyl groups is 4. The minimum Gasteiger partial charge on any atom is -0.508 e. The average Bonchev–Trinajstić information content (AvgIpc) is 3.36. The Morgan fingerprint density at radius 3 is 0.769 bits per heavy atom. The maximum atomic E-state index is 11.3. The van der Waals surface area contributed by atoms with E-state index in [1.807, 2.05) is 24.3 Å². The summed E-state index contributed by atoms with van der Waals surface area (Å²) in [5, 5.41) is 45.3. The van der Waals surface area contributed by atoms with Crippen molar-refractivity contribution in [2.45, 2.75) is 221 Å². The van der Waals surface area contributed by atoms with Crippen molar-refractivity contribution in [2.24, 2.45) is 11.8 Å². The highest BCUT2D eigenvalue weighted by molar-refractivity contribution is 5.52. The normalized spacial score (nSPS) is 23.4. The van der Waals surface area contributed by atoms with Gasteiger partial charge in [0.05, 0.1) is 0 Å². The van der Waals surface area contributed by atoms with E-state index >= 15 is 0 Å². The molecule has 4 aromatic carbocycles. The van der Waals surface area contributed by atoms with Crippen LogP contribution >= 0.6 is 0 Å². The molecule has 0 heterocycles. The second kappa shape index (κ2) is 19.7. The van der Waals surface area contributed by atoms with E-state index in [-0.39, 0.29) is 10.8 Å². The summed E-state index contributed by atoms with van der Waals surface area (Å²) in [5.41, 5.74) is 9.91. The Morgan fingerprint density at radius 2 is 0.538 bits per heavy atom. The summed E-state index contributed by atoms with van der Waals surface area (Å²) < 4.78 is 0. The Labute approximate surface area is 391 Å². The molecule has 6 fully saturated rings. The summed E-state index contributed by atoms with van der Waals surface area (Å²) in [4.78, 5) is 0. The zero-order chi connectivity index (χ0) is 44.4. The molecule has 4 nitrogen and oxygen atoms in total. The highest BCUT2D eigenvalue weighted by Gasteiger charge is 2.43. The van der Waals surface area contributed by atoms with Crippen molar-refractivity contribution in [3.05, 3.63) is 117 Å². The van der Waals surface area contributed by atoms with E-state index in [1.54, 1.807) is 0 Å². The fourth-order valence-corrected chi connectivity index (χ4v) is 15.1. The molecule has 4 heteroatoms. The van der Waals surface area contributed by atoms with Crippen LogP contribution in [-0.4, -0.2) is 20.4 Å². The lowest BCUT2D eigenvalue weighted by molar-refractivity contribution is 0.185. The Morgan fingerprint density at radius 1 is 0.308 bits per heavy atom. The zero-order valence-electron chi connectivity index (χ0n) is 39.7. The Kier molecular flexibility index (Phi) is 13.6. The van der Waals surface area contributed by atoms with Gasteiger partial charge >= 0.3 is 0 Å². The fraction of sp³-hybridized carbons (Fsp3) is 0.607. The van der Waals surface area contributed by atoms with Crippen molar-refractivity contribution in [1.82, 2.24) is 0 Å². The van der Waals surface area contributed by atoms with Crippen molar-refractivity contribution in [3.8, 4) is 23.0 Å². The second-order valence-electron chi connectivity index (χ2n) is 22.7. The molecule has 6 aliphatic rings. The quantitative estimate of drug-likeness (QED) is 0.128. The summed E-state index contributed by atoms with van der Waals surface area (Å²) in [5.74, 6) is 5.02. The van der Waals surface area contributed by atoms with E-state index in [0.717, 1.165) is 25.7 Å². The van der Waals surface area contributed by atoms with Crippen LogP contribution < -0.4 is 0 Å². The molecule has 0 spiro atoms. The Balaban J connectivity index is 0.916. The minimum absolute atomic E-state index is 0.129. The molecule has 6 saturated carbocycles. The first-order valence-corrected chi connectivity index (χ1v) is 27.1. The van der Waals surface area contributed by atoms with Gasteiger partial charge in [-0.25, -0.2) is 0 Å². The molecule has 0 atom stereocenters. The lowest BCUT2D eigenvalue weighted by Crippen LogP contribution is -2.36. The third-order valence-corrected chi connectivity index (χ3v) is 19.1. The van der Waals surface area contributed by atoms with Crippen LogP contribution in [0.4, 0.5) is 0 Å². The molecule has 0 saturated heterocycles. The van der Waals surface area contributed by atoms with E-state index in [0.29, 0.717) is 58.5 Å². The maximum Gasteiger partial charge on any atom is 0.119 e. The number of rotatable bonds is 10. The second-order valence-corrected chi connectivity index (χ2v) is 22.7. The van der Waals surface area contributed by atoms with Crippen LogP contribution in [0.3, 0.4) is 0 Å². The standard InChI is InChI=1S/C61H80O4/c62-56-25-21-48(38-52(56)44-13-5-1-6-14-44)60(49-22-26-57(63)53(39-49)45-15-7-2-8-16-45)33-29-42(30-34-60)37-43-31-35-61(36-32-43,50-23-27-58(64)54(40-50)46-17-9-3-10-18-46)51-24-28-59(65)55(41-51)47-19-11-4-12-20-47/h21-28,38-47,62-65H,1-20,29-37H2. The van der Waals surface area contributed by atoms with Crippen molar-refractivity contribution >= 4 is 0 Å². The highest BCUT2D eigenvalue weighted by atomic mass is 16.3. The molecule has 0 amide bonds. The van der Waals surface area contributed by atoms with Crippen molar-refractivity contribution in [3.63, 3.8) is 0 Å². The van der Waals surface area contributed by atoms with Gasteiger partial charge in [0.25, 0.3) is 0 Å². The van der Waals surface area contributed by atoms with Gasteiger partial charge in [-0.1, -0.05) is 126 Å². The largest absolute Gasteiger partial charge is 0.508 e. The molecule has 0 unspecified atom stereocenters. The van der Waals surface area contributed by atoms with E-state index in [2.05, 4.69) is 48.5 Å². The molecular weight excluding hydrogens is 797 g/mol. The summed E-state index contributed by atoms with van der Waals surface area (Å²) in [6.45, 7) is 0. The highest BCUT2D eigenvalue weighted by Crippen LogP contribution is 2.55. The number of benzene rings is 4. The molecule has 10 rings (SSSR count). The predicted octanol–water partition coefficient (Wildman–Crippen LogP) is 16.7. The van der Waals surface area contributed by atoms with Crippen LogP contribution in [0.25, 0.3) is 0 Å². The predicted molar refractivity (Wildman–Crippen MR) is 266 cm³/mol. The zero-order valence-corrected chi connectivity index (χ0v) is 39.7. The van der Waals surface area contributed by atoms with Crippen LogP contribution in [0.5, 0.6) is 23.0 Å². The molecule has 348 valence electrons. The van der Waals surface area contributed by atoms with Crippen LogP contribution in [-0.2, 0) is 10.8 Å². The number of phenols is 4. The molecule has 6 aliphatic carbocycles. The van der Waals surface area contributed by atoms with Gasteiger partial charge in [0.1, 0.15) is 23.0 Å². The van der Waals surface area contributed by atoms with Crippen molar-refractivity contribution < 1.29 is 20.4 Å². The Hall–Kier alpha value is -3.92. The average molecular weight is 877 g/mol. The maximum absolute atomic E-state index is 11.3. The SMILES string of the molecule is Oc1ccc(C2(c3ccc(O)c(C4CCCCC4)c3)CCC(CC3CCC(c4ccc(O)c(C5CCCCC5)c4)(c4ccc(O)c(C5CCCCC5)c4)CC3)CC2)cc1C1CCCCC1. The molecule has 65 heavy (non-hydrogen) atoms. The minimum atomic E-state index is -0.129. The molecule has 0 bridgehead atoms.